The minimum atomic E-state index is -0.155. The van der Waals surface area contributed by atoms with E-state index in [2.05, 4.69) is 10.3 Å². The van der Waals surface area contributed by atoms with Gasteiger partial charge in [0, 0.05) is 5.02 Å². The molecule has 1 aromatic carbocycles. The molecule has 0 N–H and O–H groups in total. The molecule has 4 rings (SSSR count). The number of carbonyl (C=O) groups excluding carboxylic acids is 1. The van der Waals surface area contributed by atoms with Gasteiger partial charge in [-0.1, -0.05) is 35.0 Å². The summed E-state index contributed by atoms with van der Waals surface area (Å²) in [5.41, 5.74) is 1.73. The van der Waals surface area contributed by atoms with Gasteiger partial charge in [-0.2, -0.15) is 0 Å². The molecule has 6 nitrogen and oxygen atoms in total. The van der Waals surface area contributed by atoms with E-state index in [4.69, 9.17) is 16.0 Å². The van der Waals surface area contributed by atoms with E-state index < -0.39 is 0 Å². The van der Waals surface area contributed by atoms with Crippen molar-refractivity contribution in [2.24, 2.45) is 0 Å². The maximum absolute atomic E-state index is 12.2. The van der Waals surface area contributed by atoms with E-state index in [0.29, 0.717) is 23.9 Å². The Balaban J connectivity index is 1.52. The average molecular weight is 375 g/mol. The van der Waals surface area contributed by atoms with E-state index in [1.165, 1.54) is 0 Å². The maximum atomic E-state index is 12.2. The Hall–Kier alpha value is -2.25. The van der Waals surface area contributed by atoms with Crippen LogP contribution in [0.2, 0.25) is 5.02 Å². The first kappa shape index (κ1) is 16.2. The highest BCUT2D eigenvalue weighted by Gasteiger charge is 2.35. The van der Waals surface area contributed by atoms with Gasteiger partial charge in [-0.3, -0.25) is 4.79 Å². The van der Waals surface area contributed by atoms with Crippen LogP contribution in [0, 0.1) is 0 Å². The molecule has 0 spiro atoms. The van der Waals surface area contributed by atoms with E-state index >= 15 is 0 Å². The van der Waals surface area contributed by atoms with Crippen LogP contribution in [-0.2, 0) is 17.9 Å². The van der Waals surface area contributed by atoms with Crippen molar-refractivity contribution < 1.29 is 9.21 Å². The van der Waals surface area contributed by atoms with Crippen LogP contribution in [0.15, 0.2) is 53.3 Å². The minimum absolute atomic E-state index is 0.0760. The molecule has 128 valence electrons. The van der Waals surface area contributed by atoms with Crippen LogP contribution in [0.1, 0.15) is 22.4 Å². The fourth-order valence-electron chi connectivity index (χ4n) is 2.75. The van der Waals surface area contributed by atoms with Gasteiger partial charge in [0.2, 0.25) is 5.91 Å². The van der Waals surface area contributed by atoms with E-state index in [9.17, 15) is 4.79 Å². The third kappa shape index (κ3) is 3.43. The quantitative estimate of drug-likeness (QED) is 0.685. The number of furan rings is 1. The summed E-state index contributed by atoms with van der Waals surface area (Å²) < 4.78 is 7.11. The zero-order valence-electron chi connectivity index (χ0n) is 13.2. The number of rotatable bonds is 5. The van der Waals surface area contributed by atoms with Crippen molar-refractivity contribution >= 4 is 29.3 Å². The molecule has 0 aliphatic carbocycles. The molecule has 3 heterocycles. The summed E-state index contributed by atoms with van der Waals surface area (Å²) in [7, 11) is 0. The SMILES string of the molecule is O=C1CS[C@H](c2cn(Cc3ccccc3Cl)nn2)N1Cc1ccco1. The van der Waals surface area contributed by atoms with Gasteiger partial charge in [0.25, 0.3) is 0 Å². The van der Waals surface area contributed by atoms with Crippen LogP contribution < -0.4 is 0 Å². The first-order valence-corrected chi connectivity index (χ1v) is 9.20. The molecule has 1 aliphatic heterocycles. The van der Waals surface area contributed by atoms with Gasteiger partial charge in [-0.25, -0.2) is 4.68 Å². The number of halogens is 1. The van der Waals surface area contributed by atoms with E-state index in [1.807, 2.05) is 42.6 Å². The molecule has 1 atom stereocenters. The molecule has 0 unspecified atom stereocenters. The summed E-state index contributed by atoms with van der Waals surface area (Å²) in [6, 6.07) is 11.3. The van der Waals surface area contributed by atoms with Crippen molar-refractivity contribution in [2.75, 3.05) is 5.75 Å². The second kappa shape index (κ2) is 6.93. The first-order valence-electron chi connectivity index (χ1n) is 7.77. The number of aromatic nitrogens is 3. The van der Waals surface area contributed by atoms with Gasteiger partial charge >= 0.3 is 0 Å². The van der Waals surface area contributed by atoms with Gasteiger partial charge in [0.15, 0.2) is 0 Å². The number of nitrogens with zero attached hydrogens (tertiary/aromatic N) is 4. The number of hydrogen-bond donors (Lipinski definition) is 0. The van der Waals surface area contributed by atoms with E-state index in [1.54, 1.807) is 27.6 Å². The summed E-state index contributed by atoms with van der Waals surface area (Å²) >= 11 is 7.75. The number of benzene rings is 1. The van der Waals surface area contributed by atoms with E-state index in [-0.39, 0.29) is 11.3 Å². The molecule has 1 amide bonds. The van der Waals surface area contributed by atoms with Gasteiger partial charge in [-0.15, -0.1) is 16.9 Å². The Bertz CT molecular complexity index is 880. The summed E-state index contributed by atoms with van der Waals surface area (Å²) in [4.78, 5) is 14.0. The summed E-state index contributed by atoms with van der Waals surface area (Å²) in [6.45, 7) is 0.969. The zero-order chi connectivity index (χ0) is 17.2. The van der Waals surface area contributed by atoms with Gasteiger partial charge in [-0.05, 0) is 23.8 Å². The standard InChI is InChI=1S/C17H15ClN4O2S/c18-14-6-2-1-4-12(14)8-21-10-15(19-20-21)17-22(16(23)11-25-17)9-13-5-3-7-24-13/h1-7,10,17H,8-9,11H2/t17-/m1/s1. The largest absolute Gasteiger partial charge is 0.467 e. The number of thioether (sulfide) groups is 1. The summed E-state index contributed by atoms with van der Waals surface area (Å²) in [6.07, 6.45) is 3.48. The predicted molar refractivity (Wildman–Crippen MR) is 95.0 cm³/mol. The molecule has 1 saturated heterocycles. The molecule has 25 heavy (non-hydrogen) atoms. The van der Waals surface area contributed by atoms with Crippen LogP contribution >= 0.6 is 23.4 Å². The van der Waals surface area contributed by atoms with Gasteiger partial charge < -0.3 is 9.32 Å². The topological polar surface area (TPSA) is 64.2 Å². The third-order valence-electron chi connectivity index (χ3n) is 3.97. The lowest BCUT2D eigenvalue weighted by molar-refractivity contribution is -0.128. The van der Waals surface area contributed by atoms with Crippen molar-refractivity contribution in [3.8, 4) is 0 Å². The highest BCUT2D eigenvalue weighted by molar-refractivity contribution is 8.00. The number of hydrogen-bond acceptors (Lipinski definition) is 5. The van der Waals surface area contributed by atoms with E-state index in [0.717, 1.165) is 17.0 Å². The van der Waals surface area contributed by atoms with Crippen LogP contribution in [0.5, 0.6) is 0 Å². The Kier molecular flexibility index (Phi) is 4.50. The van der Waals surface area contributed by atoms with Crippen molar-refractivity contribution in [3.63, 3.8) is 0 Å². The Morgan fingerprint density at radius 3 is 2.92 bits per heavy atom. The average Bonchev–Trinajstić information content (AvgIpc) is 3.34. The lowest BCUT2D eigenvalue weighted by Crippen LogP contribution is -2.27. The monoisotopic (exact) mass is 374 g/mol. The number of carbonyl (C=O) groups is 1. The minimum Gasteiger partial charge on any atom is -0.467 e. The Labute approximate surface area is 153 Å². The maximum Gasteiger partial charge on any atom is 0.234 e. The number of amides is 1. The summed E-state index contributed by atoms with van der Waals surface area (Å²) in [5.74, 6) is 1.26. The fraction of sp³-hybridized carbons (Fsp3) is 0.235. The van der Waals surface area contributed by atoms with Crippen molar-refractivity contribution in [3.05, 3.63) is 70.9 Å². The molecule has 0 radical (unpaired) electrons. The van der Waals surface area contributed by atoms with Crippen LogP contribution in [0.25, 0.3) is 0 Å². The molecule has 0 bridgehead atoms. The molecule has 2 aromatic heterocycles. The second-order valence-corrected chi connectivity index (χ2v) is 7.17. The Morgan fingerprint density at radius 1 is 1.24 bits per heavy atom. The normalized spacial score (nSPS) is 17.4. The fourth-order valence-corrected chi connectivity index (χ4v) is 4.06. The summed E-state index contributed by atoms with van der Waals surface area (Å²) in [5, 5.41) is 8.99. The molecular formula is C17H15ClN4O2S. The smallest absolute Gasteiger partial charge is 0.234 e. The van der Waals surface area contributed by atoms with Gasteiger partial charge in [0.05, 0.1) is 31.3 Å². The van der Waals surface area contributed by atoms with Crippen LogP contribution in [0.3, 0.4) is 0 Å². The van der Waals surface area contributed by atoms with Crippen LogP contribution in [0.4, 0.5) is 0 Å². The van der Waals surface area contributed by atoms with Crippen molar-refractivity contribution in [2.45, 2.75) is 18.5 Å². The zero-order valence-corrected chi connectivity index (χ0v) is 14.8. The molecule has 0 saturated carbocycles. The molecule has 8 heteroatoms. The second-order valence-electron chi connectivity index (χ2n) is 5.70. The highest BCUT2D eigenvalue weighted by Crippen LogP contribution is 2.38. The first-order chi connectivity index (χ1) is 12.2. The molecule has 3 aromatic rings. The predicted octanol–water partition coefficient (Wildman–Crippen LogP) is 3.35. The lowest BCUT2D eigenvalue weighted by Gasteiger charge is -2.20. The third-order valence-corrected chi connectivity index (χ3v) is 5.57. The molecule has 1 fully saturated rings. The Morgan fingerprint density at radius 2 is 2.12 bits per heavy atom. The lowest BCUT2D eigenvalue weighted by atomic mass is 10.2. The molecule has 1 aliphatic rings. The van der Waals surface area contributed by atoms with Crippen molar-refractivity contribution in [1.82, 2.24) is 19.9 Å². The van der Waals surface area contributed by atoms with Crippen molar-refractivity contribution in [1.29, 1.82) is 0 Å². The van der Waals surface area contributed by atoms with Gasteiger partial charge in [0.1, 0.15) is 16.8 Å². The molecular weight excluding hydrogens is 360 g/mol. The highest BCUT2D eigenvalue weighted by atomic mass is 35.5. The van der Waals surface area contributed by atoms with Crippen LogP contribution in [-0.4, -0.2) is 31.6 Å².